The van der Waals surface area contributed by atoms with E-state index in [9.17, 15) is 4.79 Å². The van der Waals surface area contributed by atoms with Gasteiger partial charge in [0.25, 0.3) is 0 Å². The summed E-state index contributed by atoms with van der Waals surface area (Å²) in [7, 11) is 0. The van der Waals surface area contributed by atoms with Gasteiger partial charge in [0.15, 0.2) is 11.5 Å². The second-order valence-corrected chi connectivity index (χ2v) is 2.23. The number of carbonyl (C=O) groups is 1. The molecule has 5 N–H and O–H groups in total. The van der Waals surface area contributed by atoms with Crippen LogP contribution in [0, 0.1) is 0 Å². The fourth-order valence-corrected chi connectivity index (χ4v) is 0.778. The normalized spacial score (nSPS) is 9.67. The summed E-state index contributed by atoms with van der Waals surface area (Å²) < 4.78 is 0. The summed E-state index contributed by atoms with van der Waals surface area (Å²) in [6.45, 7) is 0. The van der Waals surface area contributed by atoms with E-state index in [1.54, 1.807) is 0 Å². The lowest BCUT2D eigenvalue weighted by atomic mass is 10.1. The van der Waals surface area contributed by atoms with Crippen LogP contribution < -0.4 is 5.73 Å². The molecule has 0 aromatic heterocycles. The molecule has 5 heteroatoms. The van der Waals surface area contributed by atoms with Crippen molar-refractivity contribution in [2.45, 2.75) is 0 Å². The topological polar surface area (TPSA) is 104 Å². The maximum Gasteiger partial charge on any atom is 0.337 e. The summed E-state index contributed by atoms with van der Waals surface area (Å²) >= 11 is 0. The second-order valence-electron chi connectivity index (χ2n) is 2.23. The number of carboxylic acids is 1. The highest BCUT2D eigenvalue weighted by molar-refractivity contribution is 5.94. The van der Waals surface area contributed by atoms with Crippen LogP contribution in [0.25, 0.3) is 0 Å². The molecule has 0 radical (unpaired) electrons. The van der Waals surface area contributed by atoms with Crippen molar-refractivity contribution in [2.24, 2.45) is 0 Å². The highest BCUT2D eigenvalue weighted by atomic mass is 16.4. The number of nitrogens with two attached hydrogens (primary N) is 1. The maximum atomic E-state index is 10.4. The second kappa shape index (κ2) is 2.61. The molecule has 0 heterocycles. The van der Waals surface area contributed by atoms with Crippen LogP contribution in [0.5, 0.6) is 11.5 Å². The van der Waals surface area contributed by atoms with Crippen LogP contribution in [0.15, 0.2) is 12.1 Å². The van der Waals surface area contributed by atoms with Gasteiger partial charge in [-0.3, -0.25) is 0 Å². The minimum absolute atomic E-state index is 0.0854. The van der Waals surface area contributed by atoms with Crippen molar-refractivity contribution in [3.05, 3.63) is 17.7 Å². The van der Waals surface area contributed by atoms with Crippen LogP contribution in [0.4, 0.5) is 5.69 Å². The van der Waals surface area contributed by atoms with Gasteiger partial charge in [-0.15, -0.1) is 0 Å². The average molecular weight is 169 g/mol. The van der Waals surface area contributed by atoms with Gasteiger partial charge in [0.2, 0.25) is 0 Å². The van der Waals surface area contributed by atoms with Crippen LogP contribution >= 0.6 is 0 Å². The molecule has 0 saturated carbocycles. The molecule has 0 unspecified atom stereocenters. The van der Waals surface area contributed by atoms with Crippen molar-refractivity contribution in [3.63, 3.8) is 0 Å². The molecule has 0 atom stereocenters. The minimum atomic E-state index is -1.25. The minimum Gasteiger partial charge on any atom is -0.504 e. The van der Waals surface area contributed by atoms with Gasteiger partial charge in [0.05, 0.1) is 11.3 Å². The number of carboxylic acid groups (broad SMARTS) is 1. The predicted molar refractivity (Wildman–Crippen MR) is 41.1 cm³/mol. The molecule has 0 aliphatic rings. The molecular formula is C7H7NO4. The molecule has 0 fully saturated rings. The molecule has 0 bridgehead atoms. The highest BCUT2D eigenvalue weighted by Crippen LogP contribution is 2.29. The van der Waals surface area contributed by atoms with Crippen molar-refractivity contribution in [3.8, 4) is 11.5 Å². The van der Waals surface area contributed by atoms with Gasteiger partial charge < -0.3 is 21.1 Å². The third-order valence-electron chi connectivity index (χ3n) is 1.38. The van der Waals surface area contributed by atoms with E-state index in [1.165, 1.54) is 0 Å². The number of phenolic OH excluding ortho intramolecular Hbond substituents is 2. The van der Waals surface area contributed by atoms with Gasteiger partial charge >= 0.3 is 5.97 Å². The summed E-state index contributed by atoms with van der Waals surface area (Å²) in [6, 6.07) is 1.88. The van der Waals surface area contributed by atoms with E-state index in [1.807, 2.05) is 0 Å². The van der Waals surface area contributed by atoms with E-state index >= 15 is 0 Å². The Morgan fingerprint density at radius 3 is 2.25 bits per heavy atom. The van der Waals surface area contributed by atoms with Crippen molar-refractivity contribution in [1.29, 1.82) is 0 Å². The average Bonchev–Trinajstić information content (AvgIpc) is 1.96. The molecule has 0 spiro atoms. The largest absolute Gasteiger partial charge is 0.504 e. The fourth-order valence-electron chi connectivity index (χ4n) is 0.778. The Kier molecular flexibility index (Phi) is 1.78. The lowest BCUT2D eigenvalue weighted by Crippen LogP contribution is -2.01. The smallest absolute Gasteiger partial charge is 0.337 e. The van der Waals surface area contributed by atoms with Crippen LogP contribution in [0.3, 0.4) is 0 Å². The molecule has 64 valence electrons. The SMILES string of the molecule is Nc1cc(O)c(O)cc1C(=O)O. The molecule has 12 heavy (non-hydrogen) atoms. The van der Waals surface area contributed by atoms with E-state index in [4.69, 9.17) is 21.1 Å². The van der Waals surface area contributed by atoms with Gasteiger partial charge in [0.1, 0.15) is 0 Å². The Labute approximate surface area is 67.7 Å². The molecule has 0 saturated heterocycles. The van der Waals surface area contributed by atoms with E-state index in [0.717, 1.165) is 12.1 Å². The van der Waals surface area contributed by atoms with Crippen LogP contribution in [-0.2, 0) is 0 Å². The number of phenols is 2. The Hall–Kier alpha value is -1.91. The van der Waals surface area contributed by atoms with E-state index in [0.29, 0.717) is 0 Å². The van der Waals surface area contributed by atoms with Crippen molar-refractivity contribution in [1.82, 2.24) is 0 Å². The van der Waals surface area contributed by atoms with Gasteiger partial charge in [-0.2, -0.15) is 0 Å². The zero-order valence-electron chi connectivity index (χ0n) is 5.98. The summed E-state index contributed by atoms with van der Waals surface area (Å²) in [5.74, 6) is -2.18. The maximum absolute atomic E-state index is 10.4. The molecule has 0 amide bonds. The fraction of sp³-hybridized carbons (Fsp3) is 0. The van der Waals surface area contributed by atoms with Gasteiger partial charge in [-0.25, -0.2) is 4.79 Å². The van der Waals surface area contributed by atoms with Crippen LogP contribution in [-0.4, -0.2) is 21.3 Å². The number of anilines is 1. The first-order valence-electron chi connectivity index (χ1n) is 3.07. The zero-order valence-corrected chi connectivity index (χ0v) is 5.98. The van der Waals surface area contributed by atoms with Gasteiger partial charge in [0, 0.05) is 12.1 Å². The quantitative estimate of drug-likeness (QED) is 0.276. The van der Waals surface area contributed by atoms with Crippen LogP contribution in [0.1, 0.15) is 10.4 Å². The molecule has 5 nitrogen and oxygen atoms in total. The molecule has 0 aliphatic carbocycles. The summed E-state index contributed by atoms with van der Waals surface area (Å²) in [5.41, 5.74) is 4.92. The van der Waals surface area contributed by atoms with Gasteiger partial charge in [-0.1, -0.05) is 0 Å². The third-order valence-corrected chi connectivity index (χ3v) is 1.38. The zero-order chi connectivity index (χ0) is 9.30. The number of nitrogen functional groups attached to an aromatic ring is 1. The van der Waals surface area contributed by atoms with Crippen molar-refractivity contribution < 1.29 is 20.1 Å². The number of aromatic hydroxyl groups is 2. The Balaban J connectivity index is 3.33. The summed E-state index contributed by atoms with van der Waals surface area (Å²) in [6.07, 6.45) is 0. The first kappa shape index (κ1) is 8.19. The van der Waals surface area contributed by atoms with E-state index in [-0.39, 0.29) is 11.3 Å². The Morgan fingerprint density at radius 2 is 1.75 bits per heavy atom. The van der Waals surface area contributed by atoms with E-state index in [2.05, 4.69) is 0 Å². The van der Waals surface area contributed by atoms with Crippen molar-refractivity contribution >= 4 is 11.7 Å². The first-order valence-corrected chi connectivity index (χ1v) is 3.07. The molecular weight excluding hydrogens is 162 g/mol. The van der Waals surface area contributed by atoms with Gasteiger partial charge in [-0.05, 0) is 0 Å². The highest BCUT2D eigenvalue weighted by Gasteiger charge is 2.11. The van der Waals surface area contributed by atoms with Crippen molar-refractivity contribution in [2.75, 3.05) is 5.73 Å². The monoisotopic (exact) mass is 169 g/mol. The summed E-state index contributed by atoms with van der Waals surface area (Å²) in [5, 5.41) is 26.3. The predicted octanol–water partition coefficient (Wildman–Crippen LogP) is 0.378. The Morgan fingerprint density at radius 1 is 1.25 bits per heavy atom. The first-order chi connectivity index (χ1) is 5.52. The molecule has 1 rings (SSSR count). The molecule has 1 aromatic rings. The lowest BCUT2D eigenvalue weighted by molar-refractivity contribution is 0.0697. The Bertz CT molecular complexity index is 334. The standard InChI is InChI=1S/C7H7NO4/c8-4-2-6(10)5(9)1-3(4)7(11)12/h1-2,9-10H,8H2,(H,11,12). The molecule has 1 aromatic carbocycles. The number of benzene rings is 1. The number of hydrogen-bond acceptors (Lipinski definition) is 4. The summed E-state index contributed by atoms with van der Waals surface area (Å²) in [4.78, 5) is 10.4. The third kappa shape index (κ3) is 1.24. The molecule has 0 aliphatic heterocycles. The lowest BCUT2D eigenvalue weighted by Gasteiger charge is -2.02. The van der Waals surface area contributed by atoms with E-state index < -0.39 is 17.5 Å². The number of aromatic carboxylic acids is 1. The number of hydrogen-bond donors (Lipinski definition) is 4. The van der Waals surface area contributed by atoms with Crippen LogP contribution in [0.2, 0.25) is 0 Å². The number of rotatable bonds is 1.